The van der Waals surface area contributed by atoms with E-state index in [1.807, 2.05) is 0 Å². The molecule has 2 aliphatic heterocycles. The number of rotatable bonds is 3. The minimum Gasteiger partial charge on any atom is -0.343 e. The Hall–Kier alpha value is -2.00. The molecule has 1 aromatic rings. The Morgan fingerprint density at radius 2 is 1.61 bits per heavy atom. The van der Waals surface area contributed by atoms with Gasteiger partial charge in [-0.1, -0.05) is 29.3 Å². The number of piperidine rings is 2. The zero-order valence-corrected chi connectivity index (χ0v) is 19.9. The molecular formula is C22H26Cl2F3N3O3. The molecule has 2 saturated heterocycles. The summed E-state index contributed by atoms with van der Waals surface area (Å²) in [5, 5.41) is 0.551. The van der Waals surface area contributed by atoms with Gasteiger partial charge in [0.05, 0.1) is 10.0 Å². The molecule has 0 aromatic heterocycles. The van der Waals surface area contributed by atoms with Gasteiger partial charge in [-0.15, -0.1) is 0 Å². The minimum atomic E-state index is -4.99. The summed E-state index contributed by atoms with van der Waals surface area (Å²) in [6, 6.07) is 4.03. The first-order chi connectivity index (χ1) is 15.4. The molecule has 182 valence electrons. The molecule has 0 bridgehead atoms. The molecule has 2 aliphatic rings. The third-order valence-electron chi connectivity index (χ3n) is 6.61. The Kier molecular flexibility index (Phi) is 7.84. The average molecular weight is 508 g/mol. The van der Waals surface area contributed by atoms with Crippen molar-refractivity contribution in [3.05, 3.63) is 33.8 Å². The number of likely N-dealkylation sites (tertiary alicyclic amines) is 2. The maximum atomic E-state index is 13.2. The molecule has 11 heteroatoms. The van der Waals surface area contributed by atoms with Crippen LogP contribution in [0.5, 0.6) is 0 Å². The van der Waals surface area contributed by atoms with Crippen LogP contribution in [0.1, 0.15) is 37.7 Å². The van der Waals surface area contributed by atoms with Crippen LogP contribution in [0.25, 0.3) is 0 Å². The Morgan fingerprint density at radius 3 is 2.15 bits per heavy atom. The van der Waals surface area contributed by atoms with E-state index in [1.54, 1.807) is 28.0 Å². The van der Waals surface area contributed by atoms with Crippen LogP contribution in [0, 0.1) is 5.92 Å². The molecule has 2 heterocycles. The molecule has 2 atom stereocenters. The summed E-state index contributed by atoms with van der Waals surface area (Å²) in [5.41, 5.74) is 0.611. The van der Waals surface area contributed by atoms with Gasteiger partial charge in [-0.05, 0) is 37.0 Å². The predicted octanol–water partition coefficient (Wildman–Crippen LogP) is 3.96. The molecule has 0 radical (unpaired) electrons. The lowest BCUT2D eigenvalue weighted by Gasteiger charge is -2.44. The molecule has 0 unspecified atom stereocenters. The number of likely N-dealkylation sites (N-methyl/N-ethyl adjacent to an activating group) is 1. The SMILES string of the molecule is CC(=O)N1CCC(C(=O)N2CC[C@@H](N(C)C(=O)C(F)(F)F)[C@H](c3ccc(Cl)c(Cl)c3)C2)CC1. The van der Waals surface area contributed by atoms with Crippen molar-refractivity contribution in [2.75, 3.05) is 33.2 Å². The highest BCUT2D eigenvalue weighted by Crippen LogP contribution is 2.36. The van der Waals surface area contributed by atoms with Crippen molar-refractivity contribution >= 4 is 40.9 Å². The van der Waals surface area contributed by atoms with Gasteiger partial charge in [0.15, 0.2) is 0 Å². The highest BCUT2D eigenvalue weighted by Gasteiger charge is 2.46. The van der Waals surface area contributed by atoms with Crippen LogP contribution < -0.4 is 0 Å². The number of benzene rings is 1. The molecule has 0 saturated carbocycles. The third kappa shape index (κ3) is 5.74. The van der Waals surface area contributed by atoms with E-state index in [2.05, 4.69) is 0 Å². The zero-order valence-electron chi connectivity index (χ0n) is 18.4. The van der Waals surface area contributed by atoms with E-state index in [9.17, 15) is 27.6 Å². The van der Waals surface area contributed by atoms with Gasteiger partial charge >= 0.3 is 12.1 Å². The van der Waals surface area contributed by atoms with Crippen molar-refractivity contribution < 1.29 is 27.6 Å². The quantitative estimate of drug-likeness (QED) is 0.622. The molecule has 33 heavy (non-hydrogen) atoms. The van der Waals surface area contributed by atoms with Crippen molar-refractivity contribution in [1.29, 1.82) is 0 Å². The largest absolute Gasteiger partial charge is 0.471 e. The van der Waals surface area contributed by atoms with Crippen molar-refractivity contribution in [2.45, 2.75) is 44.3 Å². The van der Waals surface area contributed by atoms with E-state index in [1.165, 1.54) is 6.92 Å². The number of amides is 3. The maximum Gasteiger partial charge on any atom is 0.471 e. The Morgan fingerprint density at radius 1 is 1.00 bits per heavy atom. The number of carbonyl (C=O) groups excluding carboxylic acids is 3. The summed E-state index contributed by atoms with van der Waals surface area (Å²) >= 11 is 12.2. The van der Waals surface area contributed by atoms with E-state index in [4.69, 9.17) is 23.2 Å². The molecule has 6 nitrogen and oxygen atoms in total. The first kappa shape index (κ1) is 25.6. The van der Waals surface area contributed by atoms with Crippen molar-refractivity contribution in [3.63, 3.8) is 0 Å². The molecular weight excluding hydrogens is 482 g/mol. The molecule has 2 fully saturated rings. The highest BCUT2D eigenvalue weighted by atomic mass is 35.5. The molecule has 3 rings (SSSR count). The second-order valence-electron chi connectivity index (χ2n) is 8.61. The van der Waals surface area contributed by atoms with E-state index in [0.717, 1.165) is 11.9 Å². The van der Waals surface area contributed by atoms with Crippen LogP contribution in [-0.4, -0.2) is 77.9 Å². The van der Waals surface area contributed by atoms with Gasteiger partial charge in [0, 0.05) is 58.0 Å². The van der Waals surface area contributed by atoms with E-state index in [-0.39, 0.29) is 42.3 Å². The van der Waals surface area contributed by atoms with Crippen molar-refractivity contribution in [3.8, 4) is 0 Å². The first-order valence-corrected chi connectivity index (χ1v) is 11.5. The molecule has 0 spiro atoms. The maximum absolute atomic E-state index is 13.2. The van der Waals surface area contributed by atoms with Gasteiger partial charge in [-0.2, -0.15) is 13.2 Å². The lowest BCUT2D eigenvalue weighted by atomic mass is 9.84. The number of hydrogen-bond donors (Lipinski definition) is 0. The summed E-state index contributed by atoms with van der Waals surface area (Å²) in [5.74, 6) is -2.84. The van der Waals surface area contributed by atoms with Gasteiger partial charge in [-0.25, -0.2) is 0 Å². The third-order valence-corrected chi connectivity index (χ3v) is 7.35. The monoisotopic (exact) mass is 507 g/mol. The van der Waals surface area contributed by atoms with Gasteiger partial charge in [0.1, 0.15) is 0 Å². The molecule has 1 aromatic carbocycles. The normalized spacial score (nSPS) is 22.3. The van der Waals surface area contributed by atoms with Crippen LogP contribution in [0.4, 0.5) is 13.2 Å². The van der Waals surface area contributed by atoms with E-state index >= 15 is 0 Å². The fraction of sp³-hybridized carbons (Fsp3) is 0.591. The van der Waals surface area contributed by atoms with Gasteiger partial charge in [-0.3, -0.25) is 14.4 Å². The zero-order chi connectivity index (χ0) is 24.5. The smallest absolute Gasteiger partial charge is 0.343 e. The number of hydrogen-bond acceptors (Lipinski definition) is 3. The Labute approximate surface area is 200 Å². The van der Waals surface area contributed by atoms with Crippen LogP contribution >= 0.6 is 23.2 Å². The number of nitrogens with zero attached hydrogens (tertiary/aromatic N) is 3. The van der Waals surface area contributed by atoms with Crippen LogP contribution in [0.3, 0.4) is 0 Å². The van der Waals surface area contributed by atoms with Gasteiger partial charge < -0.3 is 14.7 Å². The average Bonchev–Trinajstić information content (AvgIpc) is 2.78. The summed E-state index contributed by atoms with van der Waals surface area (Å²) < 4.78 is 39.3. The summed E-state index contributed by atoms with van der Waals surface area (Å²) in [7, 11) is 1.14. The fourth-order valence-electron chi connectivity index (χ4n) is 4.72. The van der Waals surface area contributed by atoms with Crippen molar-refractivity contribution in [2.24, 2.45) is 5.92 Å². The molecule has 3 amide bonds. The van der Waals surface area contributed by atoms with Crippen LogP contribution in [0.2, 0.25) is 10.0 Å². The molecule has 0 aliphatic carbocycles. The standard InChI is InChI=1S/C22H26Cl2F3N3O3/c1-13(31)29-8-5-14(6-9-29)20(32)30-10-7-19(28(2)21(33)22(25,26)27)16(12-30)15-3-4-17(23)18(24)11-15/h3-4,11,14,16,19H,5-10,12H2,1-2H3/t16-,19+/m0/s1. The Balaban J connectivity index is 1.82. The number of alkyl halides is 3. The number of halogens is 5. The lowest BCUT2D eigenvalue weighted by Crippen LogP contribution is -2.55. The summed E-state index contributed by atoms with van der Waals surface area (Å²) in [4.78, 5) is 40.8. The second kappa shape index (κ2) is 10.1. The van der Waals surface area contributed by atoms with E-state index < -0.39 is 24.0 Å². The fourth-order valence-corrected chi connectivity index (χ4v) is 5.03. The summed E-state index contributed by atoms with van der Waals surface area (Å²) in [6.45, 7) is 2.89. The van der Waals surface area contributed by atoms with Gasteiger partial charge in [0.2, 0.25) is 11.8 Å². The second-order valence-corrected chi connectivity index (χ2v) is 9.43. The van der Waals surface area contributed by atoms with E-state index in [0.29, 0.717) is 36.5 Å². The lowest BCUT2D eigenvalue weighted by molar-refractivity contribution is -0.187. The van der Waals surface area contributed by atoms with Crippen LogP contribution in [0.15, 0.2) is 18.2 Å². The molecule has 0 N–H and O–H groups in total. The van der Waals surface area contributed by atoms with Gasteiger partial charge in [0.25, 0.3) is 0 Å². The first-order valence-electron chi connectivity index (χ1n) is 10.7. The number of carbonyl (C=O) groups is 3. The summed E-state index contributed by atoms with van der Waals surface area (Å²) in [6.07, 6.45) is -3.71. The topological polar surface area (TPSA) is 60.9 Å². The van der Waals surface area contributed by atoms with Crippen molar-refractivity contribution in [1.82, 2.24) is 14.7 Å². The predicted molar refractivity (Wildman–Crippen MR) is 118 cm³/mol. The minimum absolute atomic E-state index is 0.0289. The Bertz CT molecular complexity index is 920. The highest BCUT2D eigenvalue weighted by molar-refractivity contribution is 6.42. The van der Waals surface area contributed by atoms with Crippen LogP contribution in [-0.2, 0) is 14.4 Å².